The highest BCUT2D eigenvalue weighted by molar-refractivity contribution is 6.39. The van der Waals surface area contributed by atoms with E-state index in [-0.39, 0.29) is 18.4 Å². The number of nitrogens with one attached hydrogen (secondary N) is 2. The van der Waals surface area contributed by atoms with Crippen LogP contribution in [0.2, 0.25) is 0 Å². The van der Waals surface area contributed by atoms with Gasteiger partial charge in [-0.2, -0.15) is 4.98 Å². The molecule has 2 N–H and O–H groups in total. The summed E-state index contributed by atoms with van der Waals surface area (Å²) in [6.45, 7) is -0.188. The Labute approximate surface area is 133 Å². The summed E-state index contributed by atoms with van der Waals surface area (Å²) in [5, 5.41) is 7.78. The van der Waals surface area contributed by atoms with Crippen LogP contribution in [0.1, 0.15) is 30.5 Å². The van der Waals surface area contributed by atoms with Crippen molar-refractivity contribution in [2.75, 3.05) is 5.32 Å². The predicted octanol–water partition coefficient (Wildman–Crippen LogP) is 1.62. The standard InChI is InChI=1S/C14H11F3N4O3/c15-7-3-4-8(11(17)10(7)16)19-14(23)13(22)18-5-9-20-12(21-24-9)6-1-2-6/h3-4,6H,1-2,5H2,(H,18,22)(H,19,23). The van der Waals surface area contributed by atoms with Crippen LogP contribution in [0.15, 0.2) is 16.7 Å². The molecular weight excluding hydrogens is 329 g/mol. The molecule has 24 heavy (non-hydrogen) atoms. The van der Waals surface area contributed by atoms with Crippen LogP contribution in [-0.4, -0.2) is 22.0 Å². The van der Waals surface area contributed by atoms with Gasteiger partial charge in [-0.05, 0) is 25.0 Å². The van der Waals surface area contributed by atoms with Crippen LogP contribution in [0.5, 0.6) is 0 Å². The van der Waals surface area contributed by atoms with Gasteiger partial charge >= 0.3 is 11.8 Å². The van der Waals surface area contributed by atoms with Crippen LogP contribution in [-0.2, 0) is 16.1 Å². The molecule has 0 atom stereocenters. The van der Waals surface area contributed by atoms with Gasteiger partial charge in [-0.25, -0.2) is 13.2 Å². The Balaban J connectivity index is 1.56. The highest BCUT2D eigenvalue weighted by Crippen LogP contribution is 2.38. The van der Waals surface area contributed by atoms with Gasteiger partial charge in [0.15, 0.2) is 23.3 Å². The van der Waals surface area contributed by atoms with Gasteiger partial charge in [-0.15, -0.1) is 0 Å². The average molecular weight is 340 g/mol. The number of rotatable bonds is 4. The lowest BCUT2D eigenvalue weighted by Crippen LogP contribution is -2.35. The quantitative estimate of drug-likeness (QED) is 0.651. The number of benzene rings is 1. The maximum Gasteiger partial charge on any atom is 0.313 e. The summed E-state index contributed by atoms with van der Waals surface area (Å²) in [7, 11) is 0. The SMILES string of the molecule is O=C(NCc1nc(C2CC2)no1)C(=O)Nc1ccc(F)c(F)c1F. The normalized spacial score (nSPS) is 13.6. The number of anilines is 1. The van der Waals surface area contributed by atoms with Crippen molar-refractivity contribution in [2.45, 2.75) is 25.3 Å². The molecule has 1 aliphatic carbocycles. The number of halogens is 3. The van der Waals surface area contributed by atoms with E-state index < -0.39 is 35.0 Å². The van der Waals surface area contributed by atoms with Crippen molar-refractivity contribution in [3.63, 3.8) is 0 Å². The zero-order chi connectivity index (χ0) is 17.3. The minimum absolute atomic E-state index is 0.122. The molecule has 10 heteroatoms. The van der Waals surface area contributed by atoms with Gasteiger partial charge in [-0.1, -0.05) is 5.16 Å². The third kappa shape index (κ3) is 3.36. The first-order valence-electron chi connectivity index (χ1n) is 7.01. The second kappa shape index (κ2) is 6.30. The van der Waals surface area contributed by atoms with Crippen LogP contribution >= 0.6 is 0 Å². The van der Waals surface area contributed by atoms with E-state index in [2.05, 4.69) is 15.5 Å². The molecule has 3 rings (SSSR count). The summed E-state index contributed by atoms with van der Waals surface area (Å²) in [6.07, 6.45) is 1.96. The Kier molecular flexibility index (Phi) is 4.19. The third-order valence-electron chi connectivity index (χ3n) is 3.32. The predicted molar refractivity (Wildman–Crippen MR) is 73.1 cm³/mol. The number of nitrogens with zero attached hydrogens (tertiary/aromatic N) is 2. The topological polar surface area (TPSA) is 97.1 Å². The first-order valence-corrected chi connectivity index (χ1v) is 7.01. The maximum absolute atomic E-state index is 13.4. The summed E-state index contributed by atoms with van der Waals surface area (Å²) in [5.74, 6) is -6.17. The number of hydrogen-bond acceptors (Lipinski definition) is 5. The van der Waals surface area contributed by atoms with Crippen molar-refractivity contribution in [3.8, 4) is 0 Å². The fourth-order valence-electron chi connectivity index (χ4n) is 1.88. The van der Waals surface area contributed by atoms with Gasteiger partial charge in [0.05, 0.1) is 12.2 Å². The molecule has 0 radical (unpaired) electrons. The number of carbonyl (C=O) groups is 2. The van der Waals surface area contributed by atoms with E-state index in [1.165, 1.54) is 0 Å². The first kappa shape index (κ1) is 16.0. The molecule has 1 aromatic heterocycles. The Morgan fingerprint density at radius 2 is 1.92 bits per heavy atom. The van der Waals surface area contributed by atoms with Crippen molar-refractivity contribution in [1.29, 1.82) is 0 Å². The van der Waals surface area contributed by atoms with Crippen molar-refractivity contribution in [1.82, 2.24) is 15.5 Å². The highest BCUT2D eigenvalue weighted by atomic mass is 19.2. The molecule has 1 heterocycles. The molecule has 2 aromatic rings. The van der Waals surface area contributed by atoms with Crippen LogP contribution < -0.4 is 10.6 Å². The largest absolute Gasteiger partial charge is 0.339 e. The molecule has 2 amide bonds. The van der Waals surface area contributed by atoms with Crippen molar-refractivity contribution < 1.29 is 27.3 Å². The number of amides is 2. The summed E-state index contributed by atoms with van der Waals surface area (Å²) in [5.41, 5.74) is -0.650. The van der Waals surface area contributed by atoms with Crippen molar-refractivity contribution in [2.24, 2.45) is 0 Å². The lowest BCUT2D eigenvalue weighted by atomic mass is 10.2. The van der Waals surface area contributed by atoms with Crippen LogP contribution in [0.3, 0.4) is 0 Å². The molecule has 0 aliphatic heterocycles. The summed E-state index contributed by atoms with van der Waals surface area (Å²) in [6, 6.07) is 1.43. The Bertz CT molecular complexity index is 805. The molecule has 1 fully saturated rings. The van der Waals surface area contributed by atoms with Gasteiger partial charge < -0.3 is 15.2 Å². The molecule has 0 saturated heterocycles. The van der Waals surface area contributed by atoms with Crippen LogP contribution in [0.25, 0.3) is 0 Å². The van der Waals surface area contributed by atoms with Gasteiger partial charge in [0.25, 0.3) is 0 Å². The molecule has 0 bridgehead atoms. The third-order valence-corrected chi connectivity index (χ3v) is 3.32. The Hall–Kier alpha value is -2.91. The van der Waals surface area contributed by atoms with Gasteiger partial charge in [0.1, 0.15) is 0 Å². The van der Waals surface area contributed by atoms with Crippen LogP contribution in [0, 0.1) is 17.5 Å². The molecule has 1 saturated carbocycles. The fraction of sp³-hybridized carbons (Fsp3) is 0.286. The van der Waals surface area contributed by atoms with Gasteiger partial charge in [0.2, 0.25) is 5.89 Å². The summed E-state index contributed by atoms with van der Waals surface area (Å²) in [4.78, 5) is 27.3. The number of hydrogen-bond donors (Lipinski definition) is 2. The minimum atomic E-state index is -1.74. The Morgan fingerprint density at radius 3 is 2.62 bits per heavy atom. The smallest absolute Gasteiger partial charge is 0.313 e. The lowest BCUT2D eigenvalue weighted by Gasteiger charge is -2.07. The lowest BCUT2D eigenvalue weighted by molar-refractivity contribution is -0.136. The number of aromatic nitrogens is 2. The molecule has 0 unspecified atom stereocenters. The fourth-order valence-corrected chi connectivity index (χ4v) is 1.88. The molecule has 126 valence electrons. The zero-order valence-corrected chi connectivity index (χ0v) is 12.1. The second-order valence-electron chi connectivity index (χ2n) is 5.18. The minimum Gasteiger partial charge on any atom is -0.339 e. The second-order valence-corrected chi connectivity index (χ2v) is 5.18. The van der Waals surface area contributed by atoms with Gasteiger partial charge in [0, 0.05) is 5.92 Å². The highest BCUT2D eigenvalue weighted by Gasteiger charge is 2.29. The van der Waals surface area contributed by atoms with E-state index in [0.717, 1.165) is 18.9 Å². The number of carbonyl (C=O) groups excluding carboxylic acids is 2. The zero-order valence-electron chi connectivity index (χ0n) is 12.1. The van der Waals surface area contributed by atoms with Gasteiger partial charge in [-0.3, -0.25) is 9.59 Å². The van der Waals surface area contributed by atoms with E-state index >= 15 is 0 Å². The monoisotopic (exact) mass is 340 g/mol. The van der Waals surface area contributed by atoms with E-state index in [0.29, 0.717) is 11.9 Å². The molecule has 1 aliphatic rings. The Morgan fingerprint density at radius 1 is 1.17 bits per heavy atom. The van der Waals surface area contributed by atoms with Crippen molar-refractivity contribution in [3.05, 3.63) is 41.3 Å². The first-order chi connectivity index (χ1) is 11.5. The molecule has 1 aromatic carbocycles. The average Bonchev–Trinajstić information content (AvgIpc) is 3.31. The van der Waals surface area contributed by atoms with E-state index in [1.54, 1.807) is 0 Å². The van der Waals surface area contributed by atoms with E-state index in [4.69, 9.17) is 4.52 Å². The molecular formula is C14H11F3N4O3. The summed E-state index contributed by atoms with van der Waals surface area (Å²) >= 11 is 0. The molecule has 7 nitrogen and oxygen atoms in total. The van der Waals surface area contributed by atoms with Crippen molar-refractivity contribution >= 4 is 17.5 Å². The summed E-state index contributed by atoms with van der Waals surface area (Å²) < 4.78 is 44.2. The van der Waals surface area contributed by atoms with E-state index in [1.807, 2.05) is 5.32 Å². The molecule has 0 spiro atoms. The maximum atomic E-state index is 13.4. The van der Waals surface area contributed by atoms with Crippen LogP contribution in [0.4, 0.5) is 18.9 Å². The van der Waals surface area contributed by atoms with E-state index in [9.17, 15) is 22.8 Å².